The first-order chi connectivity index (χ1) is 2.77. The summed E-state index contributed by atoms with van der Waals surface area (Å²) in [5, 5.41) is 7.77. The van der Waals surface area contributed by atoms with Crippen LogP contribution in [0.2, 0.25) is 0 Å². The second-order valence-corrected chi connectivity index (χ2v) is 1.01. The maximum atomic E-state index is 9.65. The van der Waals surface area contributed by atoms with Crippen molar-refractivity contribution in [2.45, 2.75) is 6.92 Å². The van der Waals surface area contributed by atoms with Gasteiger partial charge in [-0.15, -0.1) is 0 Å². The average molecular weight is 104 g/mol. The van der Waals surface area contributed by atoms with Crippen LogP contribution in [0.3, 0.4) is 0 Å². The molecule has 0 amide bonds. The van der Waals surface area contributed by atoms with E-state index in [1.807, 2.05) is 0 Å². The first kappa shape index (κ1) is 5.61. The molecule has 0 aliphatic carbocycles. The Kier molecular flexibility index (Phi) is 2.64. The van der Waals surface area contributed by atoms with Crippen molar-refractivity contribution in [3.63, 3.8) is 0 Å². The van der Waals surface area contributed by atoms with Crippen LogP contribution in [0.1, 0.15) is 6.92 Å². The molecule has 0 saturated heterocycles. The Balaban J connectivity index is 3.13. The Labute approximate surface area is 36.8 Å². The van der Waals surface area contributed by atoms with Crippen LogP contribution in [0, 0.1) is 5.00 Å². The van der Waals surface area contributed by atoms with Gasteiger partial charge in [0.15, 0.2) is 0 Å². The molecule has 0 aromatic rings. The third-order valence-corrected chi connectivity index (χ3v) is 0.508. The molecule has 0 N–H and O–H groups in total. The normalized spacial score (nSPS) is 6.67. The summed E-state index contributed by atoms with van der Waals surface area (Å²) in [6.45, 7) is 1.23. The van der Waals surface area contributed by atoms with Crippen molar-refractivity contribution in [1.82, 2.24) is 0 Å². The molecule has 0 atom stereocenters. The molecule has 32 valence electrons. The molecule has 0 heterocycles. The van der Waals surface area contributed by atoms with Gasteiger partial charge < -0.3 is 0 Å². The molecule has 0 aromatic carbocycles. The zero-order chi connectivity index (χ0) is 4.99. The van der Waals surface area contributed by atoms with Crippen LogP contribution in [0.25, 0.3) is 0 Å². The number of hydrogen-bond acceptors (Lipinski definition) is 3. The number of carbonyl (C=O) groups excluding carboxylic acids is 1. The van der Waals surface area contributed by atoms with Gasteiger partial charge in [-0.05, 0) is 0 Å². The van der Waals surface area contributed by atoms with Gasteiger partial charge in [0.2, 0.25) is 0 Å². The molecule has 0 saturated carbocycles. The quantitative estimate of drug-likeness (QED) is 0.429. The van der Waals surface area contributed by atoms with Gasteiger partial charge in [-0.1, -0.05) is 0 Å². The summed E-state index contributed by atoms with van der Waals surface area (Å²) in [5.41, 5.74) is 0. The molecule has 0 bridgehead atoms. The van der Waals surface area contributed by atoms with E-state index in [1.54, 1.807) is 0 Å². The van der Waals surface area contributed by atoms with Crippen molar-refractivity contribution in [3.05, 3.63) is 0 Å². The van der Waals surface area contributed by atoms with E-state index in [9.17, 15) is 4.79 Å². The molecule has 0 aliphatic rings. The molecule has 0 radical (unpaired) electrons. The van der Waals surface area contributed by atoms with Gasteiger partial charge in [-0.3, -0.25) is 0 Å². The SMILES string of the molecule is CC(=O)O[P+]#N. The Morgan fingerprint density at radius 3 is 2.50 bits per heavy atom. The molecule has 0 aromatic heterocycles. The second kappa shape index (κ2) is 2.83. The molecule has 4 heteroatoms. The number of nitrogens with zero attached hydrogens (tertiary/aromatic N) is 1. The van der Waals surface area contributed by atoms with Crippen LogP contribution in [0.15, 0.2) is 0 Å². The maximum absolute atomic E-state index is 9.65. The third kappa shape index (κ3) is 3.61. The standard InChI is InChI=1S/C2H3NO2P/c1-2(4)5-6-3/h1H3/q+1. The van der Waals surface area contributed by atoms with Crippen molar-refractivity contribution in [1.29, 1.82) is 5.00 Å². The van der Waals surface area contributed by atoms with E-state index in [2.05, 4.69) is 4.52 Å². The topological polar surface area (TPSA) is 50.1 Å². The molecule has 0 aliphatic heterocycles. The number of hydrogen-bond donors (Lipinski definition) is 0. The summed E-state index contributed by atoms with van der Waals surface area (Å²) in [6, 6.07) is 0. The van der Waals surface area contributed by atoms with Crippen LogP contribution < -0.4 is 0 Å². The zero-order valence-electron chi connectivity index (χ0n) is 3.21. The van der Waals surface area contributed by atoms with Crippen LogP contribution >= 0.6 is 8.44 Å². The minimum atomic E-state index is -0.473. The van der Waals surface area contributed by atoms with Crippen molar-refractivity contribution in [2.75, 3.05) is 0 Å². The monoisotopic (exact) mass is 104 g/mol. The van der Waals surface area contributed by atoms with Crippen LogP contribution in [-0.2, 0) is 9.32 Å². The van der Waals surface area contributed by atoms with E-state index in [-0.39, 0.29) is 8.44 Å². The van der Waals surface area contributed by atoms with Crippen molar-refractivity contribution < 1.29 is 9.32 Å². The zero-order valence-corrected chi connectivity index (χ0v) is 4.11. The summed E-state index contributed by atoms with van der Waals surface area (Å²) in [4.78, 5) is 9.65. The van der Waals surface area contributed by atoms with E-state index in [1.165, 1.54) is 6.92 Å². The van der Waals surface area contributed by atoms with E-state index < -0.39 is 5.97 Å². The first-order valence-electron chi connectivity index (χ1n) is 1.29. The van der Waals surface area contributed by atoms with Crippen molar-refractivity contribution >= 4 is 14.4 Å². The van der Waals surface area contributed by atoms with Gasteiger partial charge in [0.1, 0.15) is 0 Å². The van der Waals surface area contributed by atoms with Crippen molar-refractivity contribution in [2.24, 2.45) is 0 Å². The summed E-state index contributed by atoms with van der Waals surface area (Å²) >= 11 is 0. The van der Waals surface area contributed by atoms with Crippen LogP contribution in [0.5, 0.6) is 0 Å². The van der Waals surface area contributed by atoms with Crippen LogP contribution in [-0.4, -0.2) is 5.97 Å². The summed E-state index contributed by atoms with van der Waals surface area (Å²) in [6.07, 6.45) is 0. The number of rotatable bonds is 0. The Morgan fingerprint density at radius 1 is 2.00 bits per heavy atom. The van der Waals surface area contributed by atoms with Gasteiger partial charge >= 0.3 is 35.7 Å². The number of carbonyl (C=O) groups is 1. The predicted molar refractivity (Wildman–Crippen MR) is 20.4 cm³/mol. The Morgan fingerprint density at radius 2 is 2.50 bits per heavy atom. The predicted octanol–water partition coefficient (Wildman–Crippen LogP) is 0.890. The summed E-state index contributed by atoms with van der Waals surface area (Å²) in [7, 11) is -0.326. The molecule has 0 spiro atoms. The second-order valence-electron chi connectivity index (χ2n) is 0.665. The first-order valence-corrected chi connectivity index (χ1v) is 2.06. The molecule has 6 heavy (non-hydrogen) atoms. The molecule has 0 unspecified atom stereocenters. The van der Waals surface area contributed by atoms with Gasteiger partial charge in [-0.2, -0.15) is 0 Å². The average Bonchev–Trinajstić information content (AvgIpc) is 1.35. The van der Waals surface area contributed by atoms with Gasteiger partial charge in [0, 0.05) is 0 Å². The van der Waals surface area contributed by atoms with Gasteiger partial charge in [-0.25, -0.2) is 0 Å². The molecule has 3 nitrogen and oxygen atoms in total. The fourth-order valence-electron chi connectivity index (χ4n) is 0.0575. The van der Waals surface area contributed by atoms with E-state index in [4.69, 9.17) is 5.00 Å². The Bertz CT molecular complexity index is 94.2. The van der Waals surface area contributed by atoms with Crippen molar-refractivity contribution in [3.8, 4) is 0 Å². The Hall–Kier alpha value is -0.390. The minimum absolute atomic E-state index is 0.326. The van der Waals surface area contributed by atoms with Crippen LogP contribution in [0.4, 0.5) is 0 Å². The molecular weight excluding hydrogens is 101 g/mol. The molecule has 0 rings (SSSR count). The van der Waals surface area contributed by atoms with E-state index >= 15 is 0 Å². The fraction of sp³-hybridized carbons (Fsp3) is 0.500. The van der Waals surface area contributed by atoms with Gasteiger partial charge in [0.25, 0.3) is 0 Å². The van der Waals surface area contributed by atoms with E-state index in [0.717, 1.165) is 0 Å². The molecule has 0 fully saturated rings. The fourth-order valence-corrected chi connectivity index (χ4v) is 0.172. The molecular formula is C2H3NO2P+. The summed E-state index contributed by atoms with van der Waals surface area (Å²) < 4.78 is 3.93. The van der Waals surface area contributed by atoms with E-state index in [0.29, 0.717) is 0 Å². The van der Waals surface area contributed by atoms with Gasteiger partial charge in [0.05, 0.1) is 0 Å². The summed E-state index contributed by atoms with van der Waals surface area (Å²) in [5.74, 6) is -0.473. The third-order valence-electron chi connectivity index (χ3n) is 0.169.